The highest BCUT2D eigenvalue weighted by Gasteiger charge is 2.29. The number of amides is 1. The number of halogens is 2. The molecule has 1 atom stereocenters. The van der Waals surface area contributed by atoms with Crippen LogP contribution in [0.2, 0.25) is 10.0 Å². The Morgan fingerprint density at radius 1 is 1.11 bits per heavy atom. The summed E-state index contributed by atoms with van der Waals surface area (Å²) in [6, 6.07) is 10.7. The number of hydrogen-bond acceptors (Lipinski definition) is 5. The molecule has 0 saturated carbocycles. The van der Waals surface area contributed by atoms with Gasteiger partial charge in [0.1, 0.15) is 13.2 Å². The summed E-state index contributed by atoms with van der Waals surface area (Å²) in [7, 11) is 0. The Kier molecular flexibility index (Phi) is 5.09. The second kappa shape index (κ2) is 7.66. The van der Waals surface area contributed by atoms with Crippen LogP contribution in [0.5, 0.6) is 11.5 Å². The first-order valence-corrected chi connectivity index (χ1v) is 9.20. The van der Waals surface area contributed by atoms with Crippen molar-refractivity contribution in [3.8, 4) is 11.5 Å². The van der Waals surface area contributed by atoms with Gasteiger partial charge in [0.25, 0.3) is 5.91 Å². The largest absolute Gasteiger partial charge is 0.486 e. The Labute approximate surface area is 166 Å². The van der Waals surface area contributed by atoms with Crippen LogP contribution in [0, 0.1) is 0 Å². The fraction of sp³-hybridized carbons (Fsp3) is 0.263. The molecular weight excluding hydrogens is 391 g/mol. The minimum absolute atomic E-state index is 0.242. The van der Waals surface area contributed by atoms with Gasteiger partial charge in [0.2, 0.25) is 6.10 Å². The van der Waals surface area contributed by atoms with Crippen molar-refractivity contribution in [3.05, 3.63) is 57.6 Å². The molecule has 2 aliphatic rings. The van der Waals surface area contributed by atoms with Gasteiger partial charge in [-0.1, -0.05) is 40.5 Å². The minimum Gasteiger partial charge on any atom is -0.486 e. The van der Waals surface area contributed by atoms with Crippen molar-refractivity contribution in [2.75, 3.05) is 13.2 Å². The normalized spacial score (nSPS) is 17.9. The van der Waals surface area contributed by atoms with Gasteiger partial charge in [0.15, 0.2) is 11.5 Å². The number of carbonyl (C=O) groups is 1. The Balaban J connectivity index is 1.35. The maximum Gasteiger partial charge on any atom is 0.264 e. The van der Waals surface area contributed by atoms with Crippen LogP contribution in [0.4, 0.5) is 0 Å². The molecule has 0 radical (unpaired) electrons. The van der Waals surface area contributed by atoms with Gasteiger partial charge in [0.05, 0.1) is 10.7 Å². The summed E-state index contributed by atoms with van der Waals surface area (Å²) in [5.74, 6) is 1.16. The predicted octanol–water partition coefficient (Wildman–Crippen LogP) is 3.57. The van der Waals surface area contributed by atoms with E-state index in [4.69, 9.17) is 37.5 Å². The first-order valence-electron chi connectivity index (χ1n) is 8.44. The molecule has 0 fully saturated rings. The molecule has 0 spiro atoms. The quantitative estimate of drug-likeness (QED) is 0.842. The molecule has 140 valence electrons. The average molecular weight is 407 g/mol. The van der Waals surface area contributed by atoms with E-state index in [1.165, 1.54) is 0 Å². The SMILES string of the molecule is O=C(NCc1ccc2c(c1)OCCO2)[C@H]1CC(c2ccc(Cl)cc2Cl)=NO1. The van der Waals surface area contributed by atoms with Crippen molar-refractivity contribution >= 4 is 34.8 Å². The van der Waals surface area contributed by atoms with Crippen molar-refractivity contribution in [1.29, 1.82) is 0 Å². The Morgan fingerprint density at radius 2 is 1.93 bits per heavy atom. The second-order valence-electron chi connectivity index (χ2n) is 6.16. The van der Waals surface area contributed by atoms with Gasteiger partial charge in [-0.3, -0.25) is 4.79 Å². The van der Waals surface area contributed by atoms with Crippen molar-refractivity contribution < 1.29 is 19.1 Å². The van der Waals surface area contributed by atoms with E-state index in [1.54, 1.807) is 18.2 Å². The van der Waals surface area contributed by atoms with Crippen molar-refractivity contribution in [3.63, 3.8) is 0 Å². The maximum absolute atomic E-state index is 12.4. The third-order valence-electron chi connectivity index (χ3n) is 4.28. The van der Waals surface area contributed by atoms with Crippen molar-refractivity contribution in [1.82, 2.24) is 5.32 Å². The topological polar surface area (TPSA) is 69.2 Å². The Bertz CT molecular complexity index is 917. The van der Waals surface area contributed by atoms with Crippen LogP contribution >= 0.6 is 23.2 Å². The summed E-state index contributed by atoms with van der Waals surface area (Å²) in [6.07, 6.45) is -0.349. The first kappa shape index (κ1) is 17.9. The van der Waals surface area contributed by atoms with Crippen molar-refractivity contribution in [2.45, 2.75) is 19.1 Å². The highest BCUT2D eigenvalue weighted by Crippen LogP contribution is 2.31. The highest BCUT2D eigenvalue weighted by molar-refractivity contribution is 6.37. The zero-order valence-corrected chi connectivity index (χ0v) is 15.7. The maximum atomic E-state index is 12.4. The van der Waals surface area contributed by atoms with Gasteiger partial charge in [-0.15, -0.1) is 0 Å². The third kappa shape index (κ3) is 3.96. The third-order valence-corrected chi connectivity index (χ3v) is 4.82. The fourth-order valence-electron chi connectivity index (χ4n) is 2.90. The number of nitrogens with one attached hydrogen (secondary N) is 1. The molecule has 2 aliphatic heterocycles. The number of hydrogen-bond donors (Lipinski definition) is 1. The lowest BCUT2D eigenvalue weighted by molar-refractivity contribution is -0.131. The van der Waals surface area contributed by atoms with Crippen LogP contribution in [0.3, 0.4) is 0 Å². The van der Waals surface area contributed by atoms with Crippen LogP contribution in [-0.2, 0) is 16.2 Å². The van der Waals surface area contributed by atoms with E-state index in [0.29, 0.717) is 59.0 Å². The van der Waals surface area contributed by atoms with E-state index in [0.717, 1.165) is 5.56 Å². The number of oxime groups is 1. The van der Waals surface area contributed by atoms with Crippen LogP contribution in [0.15, 0.2) is 41.6 Å². The van der Waals surface area contributed by atoms with Crippen LogP contribution in [0.25, 0.3) is 0 Å². The monoisotopic (exact) mass is 406 g/mol. The zero-order valence-electron chi connectivity index (χ0n) is 14.2. The fourth-order valence-corrected chi connectivity index (χ4v) is 3.42. The molecule has 1 N–H and O–H groups in total. The molecule has 8 heteroatoms. The summed E-state index contributed by atoms with van der Waals surface area (Å²) >= 11 is 12.1. The molecule has 2 aromatic rings. The lowest BCUT2D eigenvalue weighted by atomic mass is 10.0. The Morgan fingerprint density at radius 3 is 2.74 bits per heavy atom. The summed E-state index contributed by atoms with van der Waals surface area (Å²) in [5, 5.41) is 7.87. The van der Waals surface area contributed by atoms with Crippen LogP contribution < -0.4 is 14.8 Å². The highest BCUT2D eigenvalue weighted by atomic mass is 35.5. The van der Waals surface area contributed by atoms with Gasteiger partial charge in [0, 0.05) is 23.6 Å². The van der Waals surface area contributed by atoms with E-state index in [-0.39, 0.29) is 5.91 Å². The van der Waals surface area contributed by atoms with E-state index in [1.807, 2.05) is 18.2 Å². The summed E-state index contributed by atoms with van der Waals surface area (Å²) < 4.78 is 11.0. The molecule has 0 saturated heterocycles. The molecule has 27 heavy (non-hydrogen) atoms. The molecule has 4 rings (SSSR count). The Hall–Kier alpha value is -2.44. The number of rotatable bonds is 4. The number of ether oxygens (including phenoxy) is 2. The number of benzene rings is 2. The first-order chi connectivity index (χ1) is 13.1. The molecule has 2 heterocycles. The molecule has 0 aromatic heterocycles. The average Bonchev–Trinajstić information content (AvgIpc) is 3.16. The standard InChI is InChI=1S/C19H16Cl2N2O4/c20-12-2-3-13(14(21)8-12)15-9-18(27-23-15)19(24)22-10-11-1-4-16-17(7-11)26-6-5-25-16/h1-4,7-8,18H,5-6,9-10H2,(H,22,24)/t18-/m1/s1. The predicted molar refractivity (Wildman–Crippen MR) is 102 cm³/mol. The van der Waals surface area contributed by atoms with E-state index in [2.05, 4.69) is 10.5 Å². The van der Waals surface area contributed by atoms with Crippen molar-refractivity contribution in [2.24, 2.45) is 5.16 Å². The molecule has 6 nitrogen and oxygen atoms in total. The molecular formula is C19H16Cl2N2O4. The molecule has 1 amide bonds. The summed E-state index contributed by atoms with van der Waals surface area (Å²) in [6.45, 7) is 1.42. The van der Waals surface area contributed by atoms with Gasteiger partial charge in [-0.05, 0) is 29.8 Å². The zero-order chi connectivity index (χ0) is 18.8. The number of carbonyl (C=O) groups excluding carboxylic acids is 1. The van der Waals surface area contributed by atoms with E-state index in [9.17, 15) is 4.79 Å². The van der Waals surface area contributed by atoms with E-state index >= 15 is 0 Å². The second-order valence-corrected chi connectivity index (χ2v) is 7.00. The smallest absolute Gasteiger partial charge is 0.264 e. The van der Waals surface area contributed by atoms with Crippen LogP contribution in [-0.4, -0.2) is 30.9 Å². The molecule has 0 aliphatic carbocycles. The lowest BCUT2D eigenvalue weighted by Crippen LogP contribution is -2.34. The number of nitrogens with zero attached hydrogens (tertiary/aromatic N) is 1. The summed E-state index contributed by atoms with van der Waals surface area (Å²) in [5.41, 5.74) is 2.24. The minimum atomic E-state index is -0.691. The van der Waals surface area contributed by atoms with Gasteiger partial charge < -0.3 is 19.6 Å². The summed E-state index contributed by atoms with van der Waals surface area (Å²) in [4.78, 5) is 17.7. The molecule has 0 bridgehead atoms. The lowest BCUT2D eigenvalue weighted by Gasteiger charge is -2.19. The number of fused-ring (bicyclic) bond motifs is 1. The van der Waals surface area contributed by atoms with Gasteiger partial charge in [-0.2, -0.15) is 0 Å². The van der Waals surface area contributed by atoms with E-state index < -0.39 is 6.10 Å². The van der Waals surface area contributed by atoms with Crippen LogP contribution in [0.1, 0.15) is 17.5 Å². The molecule has 2 aromatic carbocycles. The van der Waals surface area contributed by atoms with Gasteiger partial charge >= 0.3 is 0 Å². The molecule has 0 unspecified atom stereocenters. The van der Waals surface area contributed by atoms with Gasteiger partial charge in [-0.25, -0.2) is 0 Å².